The number of nitrogens with one attached hydrogen (secondary N) is 2. The largest absolute Gasteiger partial charge is 0.322 e. The molecule has 0 aliphatic carbocycles. The molecule has 0 unspecified atom stereocenters. The van der Waals surface area contributed by atoms with E-state index in [1.807, 2.05) is 43.3 Å². The summed E-state index contributed by atoms with van der Waals surface area (Å²) in [5, 5.41) is 10.8. The van der Waals surface area contributed by atoms with Crippen molar-refractivity contribution in [2.75, 3.05) is 5.32 Å². The van der Waals surface area contributed by atoms with E-state index in [0.717, 1.165) is 26.6 Å². The van der Waals surface area contributed by atoms with Gasteiger partial charge < -0.3 is 5.32 Å². The minimum Gasteiger partial charge on any atom is -0.322 e. The number of aryl methyl sites for hydroxylation is 1. The van der Waals surface area contributed by atoms with Gasteiger partial charge in [0, 0.05) is 21.1 Å². The van der Waals surface area contributed by atoms with Gasteiger partial charge in [-0.1, -0.05) is 22.0 Å². The molecule has 1 amide bonds. The first-order valence-electron chi connectivity index (χ1n) is 6.14. The van der Waals surface area contributed by atoms with Crippen LogP contribution >= 0.6 is 15.9 Å². The van der Waals surface area contributed by atoms with Gasteiger partial charge in [-0.2, -0.15) is 5.10 Å². The summed E-state index contributed by atoms with van der Waals surface area (Å²) in [6, 6.07) is 11.3. The summed E-state index contributed by atoms with van der Waals surface area (Å²) in [5.74, 6) is -0.123. The number of aromatic nitrogens is 2. The molecule has 0 radical (unpaired) electrons. The van der Waals surface area contributed by atoms with Crippen LogP contribution in [0.2, 0.25) is 0 Å². The highest BCUT2D eigenvalue weighted by atomic mass is 79.9. The number of hydrogen-bond acceptors (Lipinski definition) is 2. The summed E-state index contributed by atoms with van der Waals surface area (Å²) in [4.78, 5) is 12.3. The van der Waals surface area contributed by atoms with Gasteiger partial charge in [0.25, 0.3) is 5.91 Å². The molecule has 0 saturated carbocycles. The van der Waals surface area contributed by atoms with Crippen molar-refractivity contribution in [3.8, 4) is 0 Å². The third-order valence-electron chi connectivity index (χ3n) is 3.14. The molecule has 20 heavy (non-hydrogen) atoms. The SMILES string of the molecule is Cc1ccc(Br)cc1C(=O)Nc1ccc2cn[nH]c2c1. The van der Waals surface area contributed by atoms with E-state index in [4.69, 9.17) is 0 Å². The lowest BCUT2D eigenvalue weighted by Gasteiger charge is -2.08. The van der Waals surface area contributed by atoms with E-state index in [-0.39, 0.29) is 5.91 Å². The molecule has 0 spiro atoms. The highest BCUT2D eigenvalue weighted by Crippen LogP contribution is 2.20. The molecule has 2 N–H and O–H groups in total. The van der Waals surface area contributed by atoms with E-state index < -0.39 is 0 Å². The molecule has 100 valence electrons. The van der Waals surface area contributed by atoms with E-state index >= 15 is 0 Å². The number of rotatable bonds is 2. The quantitative estimate of drug-likeness (QED) is 0.749. The fraction of sp³-hybridized carbons (Fsp3) is 0.0667. The Balaban J connectivity index is 1.89. The molecule has 0 saturated heterocycles. The maximum atomic E-state index is 12.3. The Labute approximate surface area is 124 Å². The molecule has 0 aliphatic rings. The summed E-state index contributed by atoms with van der Waals surface area (Å²) in [5.41, 5.74) is 3.23. The van der Waals surface area contributed by atoms with E-state index in [1.54, 1.807) is 6.20 Å². The van der Waals surface area contributed by atoms with Crippen LogP contribution in [-0.4, -0.2) is 16.1 Å². The van der Waals surface area contributed by atoms with Crippen LogP contribution in [0.25, 0.3) is 10.9 Å². The zero-order valence-corrected chi connectivity index (χ0v) is 12.4. The molecule has 3 rings (SSSR count). The lowest BCUT2D eigenvalue weighted by atomic mass is 10.1. The van der Waals surface area contributed by atoms with Crippen molar-refractivity contribution in [1.82, 2.24) is 10.2 Å². The summed E-state index contributed by atoms with van der Waals surface area (Å²) in [6.45, 7) is 1.92. The van der Waals surface area contributed by atoms with Crippen molar-refractivity contribution in [2.24, 2.45) is 0 Å². The van der Waals surface area contributed by atoms with Crippen LogP contribution in [0.15, 0.2) is 47.1 Å². The summed E-state index contributed by atoms with van der Waals surface area (Å²) in [7, 11) is 0. The lowest BCUT2D eigenvalue weighted by molar-refractivity contribution is 0.102. The first kappa shape index (κ1) is 12.9. The van der Waals surface area contributed by atoms with Crippen LogP contribution in [0.4, 0.5) is 5.69 Å². The van der Waals surface area contributed by atoms with Crippen LogP contribution in [0.1, 0.15) is 15.9 Å². The number of carbonyl (C=O) groups is 1. The predicted molar refractivity (Wildman–Crippen MR) is 82.9 cm³/mol. The van der Waals surface area contributed by atoms with Crippen LogP contribution in [0.3, 0.4) is 0 Å². The highest BCUT2D eigenvalue weighted by Gasteiger charge is 2.10. The molecule has 1 heterocycles. The average Bonchev–Trinajstić information content (AvgIpc) is 2.89. The highest BCUT2D eigenvalue weighted by molar-refractivity contribution is 9.10. The van der Waals surface area contributed by atoms with Crippen molar-refractivity contribution in [1.29, 1.82) is 0 Å². The van der Waals surface area contributed by atoms with Gasteiger partial charge >= 0.3 is 0 Å². The van der Waals surface area contributed by atoms with Crippen LogP contribution in [0, 0.1) is 6.92 Å². The van der Waals surface area contributed by atoms with Crippen molar-refractivity contribution in [3.63, 3.8) is 0 Å². The smallest absolute Gasteiger partial charge is 0.255 e. The number of fused-ring (bicyclic) bond motifs is 1. The third kappa shape index (κ3) is 2.44. The fourth-order valence-electron chi connectivity index (χ4n) is 2.05. The van der Waals surface area contributed by atoms with E-state index in [0.29, 0.717) is 5.56 Å². The van der Waals surface area contributed by atoms with Gasteiger partial charge in [-0.15, -0.1) is 0 Å². The number of aromatic amines is 1. The number of H-pyrrole nitrogens is 1. The maximum Gasteiger partial charge on any atom is 0.255 e. The molecule has 0 fully saturated rings. The Morgan fingerprint density at radius 3 is 2.95 bits per heavy atom. The molecule has 4 nitrogen and oxygen atoms in total. The second-order valence-corrected chi connectivity index (χ2v) is 5.50. The molecule has 1 aromatic heterocycles. The number of hydrogen-bond donors (Lipinski definition) is 2. The number of amides is 1. The first-order valence-corrected chi connectivity index (χ1v) is 6.93. The van der Waals surface area contributed by atoms with Gasteiger partial charge in [-0.3, -0.25) is 9.89 Å². The number of nitrogens with zero attached hydrogens (tertiary/aromatic N) is 1. The number of carbonyl (C=O) groups excluding carboxylic acids is 1. The zero-order valence-electron chi connectivity index (χ0n) is 10.8. The summed E-state index contributed by atoms with van der Waals surface area (Å²) >= 11 is 3.38. The van der Waals surface area contributed by atoms with Gasteiger partial charge in [-0.05, 0) is 42.8 Å². The molecule has 0 atom stereocenters. The monoisotopic (exact) mass is 329 g/mol. The Bertz CT molecular complexity index is 795. The first-order chi connectivity index (χ1) is 9.63. The molecule has 0 bridgehead atoms. The molecule has 5 heteroatoms. The van der Waals surface area contributed by atoms with Gasteiger partial charge in [0.2, 0.25) is 0 Å². The van der Waals surface area contributed by atoms with Crippen LogP contribution in [-0.2, 0) is 0 Å². The fourth-order valence-corrected chi connectivity index (χ4v) is 2.41. The second-order valence-electron chi connectivity index (χ2n) is 4.59. The minimum absolute atomic E-state index is 0.123. The molecule has 3 aromatic rings. The predicted octanol–water partition coefficient (Wildman–Crippen LogP) is 3.89. The maximum absolute atomic E-state index is 12.3. The lowest BCUT2D eigenvalue weighted by Crippen LogP contribution is -2.13. The molecule has 0 aliphatic heterocycles. The van der Waals surface area contributed by atoms with Gasteiger partial charge in [0.15, 0.2) is 0 Å². The average molecular weight is 330 g/mol. The molecular formula is C15H12BrN3O. The van der Waals surface area contributed by atoms with Gasteiger partial charge in [0.05, 0.1) is 11.7 Å². The topological polar surface area (TPSA) is 57.8 Å². The van der Waals surface area contributed by atoms with Gasteiger partial charge in [-0.25, -0.2) is 0 Å². The normalized spacial score (nSPS) is 10.7. The third-order valence-corrected chi connectivity index (χ3v) is 3.64. The van der Waals surface area contributed by atoms with Crippen LogP contribution in [0.5, 0.6) is 0 Å². The van der Waals surface area contributed by atoms with E-state index in [2.05, 4.69) is 31.4 Å². The van der Waals surface area contributed by atoms with Crippen molar-refractivity contribution >= 4 is 38.4 Å². The molecular weight excluding hydrogens is 318 g/mol. The number of anilines is 1. The second kappa shape index (κ2) is 5.09. The summed E-state index contributed by atoms with van der Waals surface area (Å²) < 4.78 is 0.886. The van der Waals surface area contributed by atoms with E-state index in [9.17, 15) is 4.79 Å². The van der Waals surface area contributed by atoms with Crippen molar-refractivity contribution in [3.05, 3.63) is 58.2 Å². The van der Waals surface area contributed by atoms with Crippen molar-refractivity contribution in [2.45, 2.75) is 6.92 Å². The Kier molecular flexibility index (Phi) is 3.28. The van der Waals surface area contributed by atoms with Crippen LogP contribution < -0.4 is 5.32 Å². The van der Waals surface area contributed by atoms with Crippen molar-refractivity contribution < 1.29 is 4.79 Å². The Morgan fingerprint density at radius 2 is 2.10 bits per heavy atom. The van der Waals surface area contributed by atoms with Gasteiger partial charge in [0.1, 0.15) is 0 Å². The zero-order chi connectivity index (χ0) is 14.1. The molecule has 2 aromatic carbocycles. The van der Waals surface area contributed by atoms with E-state index in [1.165, 1.54) is 0 Å². The number of halogens is 1. The Hall–Kier alpha value is -2.14. The Morgan fingerprint density at radius 1 is 1.25 bits per heavy atom. The summed E-state index contributed by atoms with van der Waals surface area (Å²) in [6.07, 6.45) is 1.75. The minimum atomic E-state index is -0.123. The standard InChI is InChI=1S/C15H12BrN3O/c1-9-2-4-11(16)6-13(9)15(20)18-12-5-3-10-8-17-19-14(10)7-12/h2-8H,1H3,(H,17,19)(H,18,20). The number of benzene rings is 2.